The quantitative estimate of drug-likeness (QED) is 0.695. The van der Waals surface area contributed by atoms with Gasteiger partial charge in [-0.15, -0.1) is 0 Å². The fraction of sp³-hybridized carbons (Fsp3) is 0.650. The van der Waals surface area contributed by atoms with Gasteiger partial charge in [0.15, 0.2) is 0 Å². The van der Waals surface area contributed by atoms with E-state index in [-0.39, 0.29) is 12.0 Å². The molecule has 1 fully saturated rings. The molecule has 0 aromatic heterocycles. The normalized spacial score (nSPS) is 18.8. The highest BCUT2D eigenvalue weighted by Gasteiger charge is 2.18. The average Bonchev–Trinajstić information content (AvgIpc) is 2.64. The van der Waals surface area contributed by atoms with Crippen LogP contribution in [0.5, 0.6) is 5.75 Å². The van der Waals surface area contributed by atoms with Crippen molar-refractivity contribution in [1.82, 2.24) is 5.32 Å². The molecule has 0 radical (unpaired) electrons. The molecule has 1 amide bonds. The summed E-state index contributed by atoms with van der Waals surface area (Å²) in [5.41, 5.74) is 1.29. The zero-order valence-electron chi connectivity index (χ0n) is 15.6. The van der Waals surface area contributed by atoms with Crippen molar-refractivity contribution in [2.45, 2.75) is 58.2 Å². The Kier molecular flexibility index (Phi) is 8.22. The van der Waals surface area contributed by atoms with Crippen LogP contribution in [0.3, 0.4) is 0 Å². The molecular formula is C20H31NO4. The van der Waals surface area contributed by atoms with Crippen molar-refractivity contribution in [2.75, 3.05) is 26.4 Å². The van der Waals surface area contributed by atoms with Crippen LogP contribution in [0.2, 0.25) is 0 Å². The lowest BCUT2D eigenvalue weighted by atomic mass is 10.0. The number of ether oxygens (including phenoxy) is 3. The number of benzene rings is 1. The molecule has 1 N–H and O–H groups in total. The summed E-state index contributed by atoms with van der Waals surface area (Å²) in [6, 6.07) is 8.07. The van der Waals surface area contributed by atoms with E-state index in [4.69, 9.17) is 14.2 Å². The first-order chi connectivity index (χ1) is 12.1. The molecule has 0 saturated carbocycles. The number of nitrogens with one attached hydrogen (secondary N) is 1. The number of hydrogen-bond donors (Lipinski definition) is 1. The van der Waals surface area contributed by atoms with E-state index in [1.165, 1.54) is 12.0 Å². The molecule has 1 saturated heterocycles. The van der Waals surface area contributed by atoms with Crippen LogP contribution >= 0.6 is 0 Å². The second kappa shape index (κ2) is 10.4. The van der Waals surface area contributed by atoms with Gasteiger partial charge in [0.25, 0.3) is 0 Å². The van der Waals surface area contributed by atoms with Crippen LogP contribution in [0.4, 0.5) is 0 Å². The van der Waals surface area contributed by atoms with E-state index in [1.807, 2.05) is 12.1 Å². The molecule has 1 aromatic rings. The Morgan fingerprint density at radius 2 is 2.00 bits per heavy atom. The highest BCUT2D eigenvalue weighted by atomic mass is 16.5. The Balaban J connectivity index is 1.59. The minimum Gasteiger partial charge on any atom is -0.492 e. The molecule has 1 aliphatic heterocycles. The number of amides is 1. The Labute approximate surface area is 151 Å². The smallest absolute Gasteiger partial charge is 0.248 e. The first-order valence-corrected chi connectivity index (χ1v) is 9.30. The lowest BCUT2D eigenvalue weighted by molar-refractivity contribution is -0.135. The molecule has 0 spiro atoms. The van der Waals surface area contributed by atoms with Crippen LogP contribution in [0.1, 0.15) is 51.5 Å². The van der Waals surface area contributed by atoms with Gasteiger partial charge >= 0.3 is 0 Å². The van der Waals surface area contributed by atoms with Gasteiger partial charge in [-0.3, -0.25) is 4.79 Å². The SMILES string of the molecule is CC(OCC1CCCCO1)C(=O)NCCOc1ccc(C(C)C)cc1. The van der Waals surface area contributed by atoms with Crippen LogP contribution < -0.4 is 10.1 Å². The largest absolute Gasteiger partial charge is 0.492 e. The van der Waals surface area contributed by atoms with E-state index >= 15 is 0 Å². The van der Waals surface area contributed by atoms with Crippen molar-refractivity contribution in [2.24, 2.45) is 0 Å². The van der Waals surface area contributed by atoms with Crippen LogP contribution in [0, 0.1) is 0 Å². The monoisotopic (exact) mass is 349 g/mol. The van der Waals surface area contributed by atoms with Gasteiger partial charge in [0, 0.05) is 6.61 Å². The maximum absolute atomic E-state index is 12.0. The molecule has 0 aliphatic carbocycles. The van der Waals surface area contributed by atoms with Crippen LogP contribution in [-0.2, 0) is 14.3 Å². The summed E-state index contributed by atoms with van der Waals surface area (Å²) in [6.07, 6.45) is 2.95. The van der Waals surface area contributed by atoms with Crippen molar-refractivity contribution in [3.8, 4) is 5.75 Å². The number of rotatable bonds is 9. The van der Waals surface area contributed by atoms with Gasteiger partial charge < -0.3 is 19.5 Å². The summed E-state index contributed by atoms with van der Waals surface area (Å²) < 4.78 is 16.9. The van der Waals surface area contributed by atoms with Crippen molar-refractivity contribution in [1.29, 1.82) is 0 Å². The Morgan fingerprint density at radius 3 is 2.64 bits per heavy atom. The predicted octanol–water partition coefficient (Wildman–Crippen LogP) is 3.28. The summed E-state index contributed by atoms with van der Waals surface area (Å²) in [6.45, 7) is 8.26. The fourth-order valence-electron chi connectivity index (χ4n) is 2.70. The van der Waals surface area contributed by atoms with Crippen LogP contribution in [0.15, 0.2) is 24.3 Å². The van der Waals surface area contributed by atoms with Gasteiger partial charge in [-0.05, 0) is 49.8 Å². The first kappa shape index (κ1) is 19.7. The molecule has 140 valence electrons. The predicted molar refractivity (Wildman–Crippen MR) is 98.0 cm³/mol. The highest BCUT2D eigenvalue weighted by molar-refractivity contribution is 5.80. The van der Waals surface area contributed by atoms with Crippen molar-refractivity contribution in [3.63, 3.8) is 0 Å². The number of carbonyl (C=O) groups excluding carboxylic acids is 1. The second-order valence-corrected chi connectivity index (χ2v) is 6.83. The van der Waals surface area contributed by atoms with E-state index in [1.54, 1.807) is 6.92 Å². The maximum Gasteiger partial charge on any atom is 0.248 e. The van der Waals surface area contributed by atoms with Crippen molar-refractivity contribution in [3.05, 3.63) is 29.8 Å². The summed E-state index contributed by atoms with van der Waals surface area (Å²) in [5.74, 6) is 1.21. The lowest BCUT2D eigenvalue weighted by Gasteiger charge is -2.23. The molecule has 2 unspecified atom stereocenters. The average molecular weight is 349 g/mol. The molecule has 25 heavy (non-hydrogen) atoms. The third kappa shape index (κ3) is 7.04. The minimum atomic E-state index is -0.476. The summed E-state index contributed by atoms with van der Waals surface area (Å²) in [5, 5.41) is 2.84. The zero-order valence-corrected chi connectivity index (χ0v) is 15.6. The number of hydrogen-bond acceptors (Lipinski definition) is 4. The van der Waals surface area contributed by atoms with Crippen molar-refractivity contribution < 1.29 is 19.0 Å². The number of carbonyl (C=O) groups is 1. The third-order valence-corrected chi connectivity index (χ3v) is 4.39. The molecule has 5 nitrogen and oxygen atoms in total. The first-order valence-electron chi connectivity index (χ1n) is 9.30. The minimum absolute atomic E-state index is 0.116. The van der Waals surface area contributed by atoms with E-state index < -0.39 is 6.10 Å². The van der Waals surface area contributed by atoms with E-state index in [0.29, 0.717) is 25.7 Å². The van der Waals surface area contributed by atoms with Gasteiger partial charge in [0.1, 0.15) is 18.5 Å². The Bertz CT molecular complexity index is 509. The maximum atomic E-state index is 12.0. The fourth-order valence-corrected chi connectivity index (χ4v) is 2.70. The van der Waals surface area contributed by atoms with E-state index in [0.717, 1.165) is 25.2 Å². The van der Waals surface area contributed by atoms with E-state index in [9.17, 15) is 4.79 Å². The van der Waals surface area contributed by atoms with Gasteiger partial charge in [0.2, 0.25) is 5.91 Å². The van der Waals surface area contributed by atoms with E-state index in [2.05, 4.69) is 31.3 Å². The molecule has 1 aromatic carbocycles. The molecule has 5 heteroatoms. The highest BCUT2D eigenvalue weighted by Crippen LogP contribution is 2.18. The van der Waals surface area contributed by atoms with Gasteiger partial charge in [-0.1, -0.05) is 26.0 Å². The standard InChI is InChI=1S/C20H31NO4/c1-15(2)17-7-9-18(10-8-17)24-13-11-21-20(22)16(3)25-14-19-6-4-5-12-23-19/h7-10,15-16,19H,4-6,11-14H2,1-3H3,(H,21,22). The zero-order chi connectivity index (χ0) is 18.1. The molecule has 2 atom stereocenters. The molecule has 2 rings (SSSR count). The van der Waals surface area contributed by atoms with Gasteiger partial charge in [0.05, 0.1) is 19.3 Å². The second-order valence-electron chi connectivity index (χ2n) is 6.83. The Morgan fingerprint density at radius 1 is 1.24 bits per heavy atom. The molecule has 1 aliphatic rings. The molecular weight excluding hydrogens is 318 g/mol. The Hall–Kier alpha value is -1.59. The van der Waals surface area contributed by atoms with Crippen molar-refractivity contribution >= 4 is 5.91 Å². The summed E-state index contributed by atoms with van der Waals surface area (Å²) in [7, 11) is 0. The molecule has 0 bridgehead atoms. The topological polar surface area (TPSA) is 56.8 Å². The van der Waals surface area contributed by atoms with Gasteiger partial charge in [-0.25, -0.2) is 0 Å². The van der Waals surface area contributed by atoms with Crippen LogP contribution in [0.25, 0.3) is 0 Å². The van der Waals surface area contributed by atoms with Crippen LogP contribution in [-0.4, -0.2) is 44.5 Å². The summed E-state index contributed by atoms with van der Waals surface area (Å²) >= 11 is 0. The van der Waals surface area contributed by atoms with Gasteiger partial charge in [-0.2, -0.15) is 0 Å². The third-order valence-electron chi connectivity index (χ3n) is 4.39. The summed E-state index contributed by atoms with van der Waals surface area (Å²) in [4.78, 5) is 12.0. The lowest BCUT2D eigenvalue weighted by Crippen LogP contribution is -2.38. The molecule has 1 heterocycles.